The molecule has 8 nitrogen and oxygen atoms in total. The first-order valence-corrected chi connectivity index (χ1v) is 11.0. The van der Waals surface area contributed by atoms with Crippen LogP contribution in [-0.4, -0.2) is 72.0 Å². The van der Waals surface area contributed by atoms with E-state index in [1.807, 2.05) is 19.9 Å². The Kier molecular flexibility index (Phi) is 9.58. The van der Waals surface area contributed by atoms with Crippen LogP contribution in [0.3, 0.4) is 0 Å². The van der Waals surface area contributed by atoms with E-state index in [0.717, 1.165) is 44.2 Å². The van der Waals surface area contributed by atoms with Crippen molar-refractivity contribution >= 4 is 11.9 Å². The molecule has 2 rings (SSSR count). The standard InChI is InChI=1S/C23H37N3O5/c1-16(2)11-19(23(28)31-6)24-22(27)15-26-9-7-25(8-10-26)14-18-13-21(30-5)20(29-4)12-17(18)3/h12-13,16,19H,7-11,14-15H2,1-6H3,(H,24,27)/p+2/t19-/m1/s1. The number of hydrogen-bond donors (Lipinski definition) is 3. The number of ether oxygens (including phenoxy) is 3. The van der Waals surface area contributed by atoms with Crippen LogP contribution in [0.2, 0.25) is 0 Å². The molecule has 1 heterocycles. The molecule has 1 aliphatic rings. The van der Waals surface area contributed by atoms with Crippen molar-refractivity contribution in [2.45, 2.75) is 39.8 Å². The van der Waals surface area contributed by atoms with E-state index in [4.69, 9.17) is 14.2 Å². The lowest BCUT2D eigenvalue weighted by molar-refractivity contribution is -1.02. The minimum atomic E-state index is -0.572. The third-order valence-corrected chi connectivity index (χ3v) is 5.89. The number of quaternary nitrogens is 2. The minimum absolute atomic E-state index is 0.0924. The summed E-state index contributed by atoms with van der Waals surface area (Å²) in [5, 5.41) is 2.86. The molecule has 0 unspecified atom stereocenters. The molecule has 0 aliphatic carbocycles. The molecule has 1 aromatic carbocycles. The van der Waals surface area contributed by atoms with E-state index >= 15 is 0 Å². The molecule has 1 amide bonds. The Morgan fingerprint density at radius 1 is 1.00 bits per heavy atom. The van der Waals surface area contributed by atoms with Gasteiger partial charge in [-0.1, -0.05) is 13.8 Å². The maximum absolute atomic E-state index is 12.5. The maximum Gasteiger partial charge on any atom is 0.328 e. The number of carbonyl (C=O) groups excluding carboxylic acids is 2. The first-order valence-electron chi connectivity index (χ1n) is 11.0. The third kappa shape index (κ3) is 7.40. The van der Waals surface area contributed by atoms with Crippen LogP contribution in [0.25, 0.3) is 0 Å². The van der Waals surface area contributed by atoms with Crippen molar-refractivity contribution in [3.63, 3.8) is 0 Å². The summed E-state index contributed by atoms with van der Waals surface area (Å²) in [6.45, 7) is 11.3. The Labute approximate surface area is 185 Å². The van der Waals surface area contributed by atoms with Gasteiger partial charge in [-0.2, -0.15) is 0 Å². The summed E-state index contributed by atoms with van der Waals surface area (Å²) in [6, 6.07) is 3.51. The Morgan fingerprint density at radius 2 is 1.58 bits per heavy atom. The second-order valence-electron chi connectivity index (χ2n) is 8.76. The first-order chi connectivity index (χ1) is 14.8. The lowest BCUT2D eigenvalue weighted by Gasteiger charge is -2.30. The van der Waals surface area contributed by atoms with Gasteiger partial charge in [0.1, 0.15) is 38.8 Å². The van der Waals surface area contributed by atoms with E-state index in [-0.39, 0.29) is 11.9 Å². The van der Waals surface area contributed by atoms with Gasteiger partial charge in [-0.25, -0.2) is 4.79 Å². The summed E-state index contributed by atoms with van der Waals surface area (Å²) in [4.78, 5) is 27.2. The molecule has 3 N–H and O–H groups in total. The van der Waals surface area contributed by atoms with Crippen LogP contribution in [0.4, 0.5) is 0 Å². The van der Waals surface area contributed by atoms with Gasteiger partial charge in [0, 0.05) is 5.56 Å². The van der Waals surface area contributed by atoms with E-state index in [1.54, 1.807) is 14.2 Å². The molecule has 1 atom stereocenters. The van der Waals surface area contributed by atoms with E-state index in [2.05, 4.69) is 18.3 Å². The predicted molar refractivity (Wildman–Crippen MR) is 118 cm³/mol. The highest BCUT2D eigenvalue weighted by molar-refractivity contribution is 5.84. The zero-order valence-electron chi connectivity index (χ0n) is 19.8. The molecule has 1 saturated heterocycles. The molecule has 8 heteroatoms. The van der Waals surface area contributed by atoms with Crippen molar-refractivity contribution in [2.24, 2.45) is 5.92 Å². The van der Waals surface area contributed by atoms with Crippen LogP contribution in [-0.2, 0) is 20.9 Å². The average Bonchev–Trinajstić information content (AvgIpc) is 2.74. The lowest BCUT2D eigenvalue weighted by atomic mass is 10.0. The number of methoxy groups -OCH3 is 3. The summed E-state index contributed by atoms with van der Waals surface area (Å²) >= 11 is 0. The molecular weight excluding hydrogens is 398 g/mol. The van der Waals surface area contributed by atoms with Crippen LogP contribution < -0.4 is 24.6 Å². The topological polar surface area (TPSA) is 82.7 Å². The quantitative estimate of drug-likeness (QED) is 0.409. The van der Waals surface area contributed by atoms with Crippen molar-refractivity contribution in [3.8, 4) is 11.5 Å². The van der Waals surface area contributed by atoms with E-state index in [1.165, 1.54) is 28.0 Å². The molecule has 0 saturated carbocycles. The summed E-state index contributed by atoms with van der Waals surface area (Å²) in [5.41, 5.74) is 2.45. The van der Waals surface area contributed by atoms with Crippen LogP contribution in [0.5, 0.6) is 11.5 Å². The largest absolute Gasteiger partial charge is 0.493 e. The van der Waals surface area contributed by atoms with Gasteiger partial charge in [-0.15, -0.1) is 0 Å². The molecule has 1 aliphatic heterocycles. The predicted octanol–water partition coefficient (Wildman–Crippen LogP) is -1.00. The fourth-order valence-corrected chi connectivity index (χ4v) is 4.09. The Morgan fingerprint density at radius 3 is 2.13 bits per heavy atom. The van der Waals surface area contributed by atoms with Gasteiger partial charge >= 0.3 is 5.97 Å². The summed E-state index contributed by atoms with van der Waals surface area (Å²) in [5.74, 6) is 1.33. The van der Waals surface area contributed by atoms with Gasteiger partial charge < -0.3 is 29.3 Å². The molecule has 0 bridgehead atoms. The summed E-state index contributed by atoms with van der Waals surface area (Å²) in [7, 11) is 4.66. The molecule has 1 fully saturated rings. The highest BCUT2D eigenvalue weighted by Gasteiger charge is 2.28. The fraction of sp³-hybridized carbons (Fsp3) is 0.652. The molecular formula is C23H39N3O5+2. The second-order valence-corrected chi connectivity index (χ2v) is 8.76. The number of esters is 1. The number of carbonyl (C=O) groups is 2. The fourth-order valence-electron chi connectivity index (χ4n) is 4.09. The number of piperazine rings is 1. The number of nitrogens with one attached hydrogen (secondary N) is 3. The zero-order chi connectivity index (χ0) is 23.0. The van der Waals surface area contributed by atoms with Crippen molar-refractivity contribution in [3.05, 3.63) is 23.3 Å². The Balaban J connectivity index is 1.86. The maximum atomic E-state index is 12.5. The van der Waals surface area contributed by atoms with Gasteiger partial charge in [0.15, 0.2) is 18.0 Å². The average molecular weight is 438 g/mol. The summed E-state index contributed by atoms with van der Waals surface area (Å²) in [6.07, 6.45) is 0.580. The zero-order valence-corrected chi connectivity index (χ0v) is 19.8. The van der Waals surface area contributed by atoms with Crippen molar-refractivity contribution in [1.29, 1.82) is 0 Å². The van der Waals surface area contributed by atoms with Crippen LogP contribution in [0.1, 0.15) is 31.4 Å². The van der Waals surface area contributed by atoms with Crippen molar-refractivity contribution < 1.29 is 33.6 Å². The molecule has 174 valence electrons. The number of hydrogen-bond acceptors (Lipinski definition) is 5. The highest BCUT2D eigenvalue weighted by atomic mass is 16.5. The Hall–Kier alpha value is -2.32. The second kappa shape index (κ2) is 11.9. The SMILES string of the molecule is COC(=O)[C@@H](CC(C)C)NC(=O)C[NH+]1CC[NH+](Cc2cc(OC)c(OC)cc2C)CC1. The summed E-state index contributed by atoms with van der Waals surface area (Å²) < 4.78 is 15.7. The molecule has 1 aromatic rings. The molecule has 0 radical (unpaired) electrons. The van der Waals surface area contributed by atoms with E-state index < -0.39 is 6.04 Å². The third-order valence-electron chi connectivity index (χ3n) is 5.89. The molecule has 0 aromatic heterocycles. The molecule has 0 spiro atoms. The lowest BCUT2D eigenvalue weighted by Crippen LogP contribution is -3.28. The van der Waals surface area contributed by atoms with Gasteiger partial charge in [0.25, 0.3) is 5.91 Å². The minimum Gasteiger partial charge on any atom is -0.493 e. The smallest absolute Gasteiger partial charge is 0.328 e. The normalized spacial score (nSPS) is 19.6. The number of benzene rings is 1. The van der Waals surface area contributed by atoms with Crippen molar-refractivity contribution in [1.82, 2.24) is 5.32 Å². The van der Waals surface area contributed by atoms with Gasteiger partial charge in [-0.05, 0) is 37.0 Å². The van der Waals surface area contributed by atoms with Crippen LogP contribution in [0, 0.1) is 12.8 Å². The number of amides is 1. The van der Waals surface area contributed by atoms with E-state index in [9.17, 15) is 9.59 Å². The molecule has 31 heavy (non-hydrogen) atoms. The van der Waals surface area contributed by atoms with Gasteiger partial charge in [0.05, 0.1) is 21.3 Å². The van der Waals surface area contributed by atoms with Gasteiger partial charge in [0.2, 0.25) is 0 Å². The van der Waals surface area contributed by atoms with Crippen LogP contribution >= 0.6 is 0 Å². The highest BCUT2D eigenvalue weighted by Crippen LogP contribution is 2.29. The van der Waals surface area contributed by atoms with Gasteiger partial charge in [-0.3, -0.25) is 4.79 Å². The Bertz CT molecular complexity index is 745. The first kappa shape index (κ1) is 24.9. The van der Waals surface area contributed by atoms with Crippen LogP contribution in [0.15, 0.2) is 12.1 Å². The number of rotatable bonds is 10. The monoisotopic (exact) mass is 437 g/mol. The number of aryl methyl sites for hydroxylation is 1. The van der Waals surface area contributed by atoms with E-state index in [0.29, 0.717) is 18.9 Å². The van der Waals surface area contributed by atoms with Crippen molar-refractivity contribution in [2.75, 3.05) is 54.1 Å².